The van der Waals surface area contributed by atoms with Crippen LogP contribution in [0.25, 0.3) is 11.1 Å². The maximum atomic E-state index is 12.5. The van der Waals surface area contributed by atoms with Crippen molar-refractivity contribution in [2.24, 2.45) is 0 Å². The highest BCUT2D eigenvalue weighted by molar-refractivity contribution is 7.90. The smallest absolute Gasteiger partial charge is 0.175 e. The van der Waals surface area contributed by atoms with Gasteiger partial charge in [-0.15, -0.1) is 0 Å². The minimum Gasteiger partial charge on any atom is -0.491 e. The van der Waals surface area contributed by atoms with Crippen molar-refractivity contribution >= 4 is 21.0 Å². The predicted molar refractivity (Wildman–Crippen MR) is 129 cm³/mol. The van der Waals surface area contributed by atoms with E-state index in [1.807, 2.05) is 54.6 Å². The lowest BCUT2D eigenvalue weighted by atomic mass is 9.87. The Labute approximate surface area is 190 Å². The van der Waals surface area contributed by atoms with E-state index in [9.17, 15) is 12.8 Å². The zero-order chi connectivity index (χ0) is 23.0. The van der Waals surface area contributed by atoms with Gasteiger partial charge in [-0.25, -0.2) is 12.8 Å². The molecule has 0 N–H and O–H groups in total. The van der Waals surface area contributed by atoms with Crippen LogP contribution < -0.4 is 4.74 Å². The molecule has 0 bridgehead atoms. The molecule has 0 aliphatic rings. The third kappa shape index (κ3) is 6.07. The van der Waals surface area contributed by atoms with Gasteiger partial charge < -0.3 is 4.74 Å². The molecule has 0 heterocycles. The highest BCUT2D eigenvalue weighted by Crippen LogP contribution is 2.36. The van der Waals surface area contributed by atoms with E-state index in [-0.39, 0.29) is 6.61 Å². The standard InChI is InChI=1S/C27H29FO3S/c1-3-4-10-26(21-13-17-25(18-14-21)32(2,29)30)27(22-8-6-5-7-9-22)23-11-15-24(16-12-23)31-20-19-28/h5-9,11-18H,3-4,10,19-20H2,1-2H3/b27-26-. The van der Waals surface area contributed by atoms with Crippen molar-refractivity contribution in [1.29, 1.82) is 0 Å². The third-order valence-electron chi connectivity index (χ3n) is 5.26. The summed E-state index contributed by atoms with van der Waals surface area (Å²) in [5, 5.41) is 0. The van der Waals surface area contributed by atoms with Gasteiger partial charge in [0.25, 0.3) is 0 Å². The summed E-state index contributed by atoms with van der Waals surface area (Å²) in [6.07, 6.45) is 4.14. The maximum Gasteiger partial charge on any atom is 0.175 e. The number of unbranched alkanes of at least 4 members (excludes halogenated alkanes) is 1. The molecule has 0 amide bonds. The maximum absolute atomic E-state index is 12.5. The number of hydrogen-bond acceptors (Lipinski definition) is 3. The molecule has 0 aliphatic carbocycles. The Kier molecular flexibility index (Phi) is 8.23. The van der Waals surface area contributed by atoms with Crippen LogP contribution in [0.3, 0.4) is 0 Å². The molecule has 32 heavy (non-hydrogen) atoms. The second-order valence-electron chi connectivity index (χ2n) is 7.68. The summed E-state index contributed by atoms with van der Waals surface area (Å²) in [4.78, 5) is 0.312. The van der Waals surface area contributed by atoms with Gasteiger partial charge in [-0.2, -0.15) is 0 Å². The van der Waals surface area contributed by atoms with E-state index in [0.717, 1.165) is 47.1 Å². The van der Waals surface area contributed by atoms with Crippen molar-refractivity contribution in [1.82, 2.24) is 0 Å². The highest BCUT2D eigenvalue weighted by Gasteiger charge is 2.15. The lowest BCUT2D eigenvalue weighted by Gasteiger charge is -2.18. The first-order chi connectivity index (χ1) is 15.4. The quantitative estimate of drug-likeness (QED) is 0.326. The highest BCUT2D eigenvalue weighted by atomic mass is 32.2. The average molecular weight is 453 g/mol. The Balaban J connectivity index is 2.17. The van der Waals surface area contributed by atoms with Crippen LogP contribution >= 0.6 is 0 Å². The van der Waals surface area contributed by atoms with Crippen molar-refractivity contribution in [3.05, 3.63) is 95.6 Å². The van der Waals surface area contributed by atoms with Crippen LogP contribution in [-0.4, -0.2) is 28.0 Å². The zero-order valence-electron chi connectivity index (χ0n) is 18.6. The van der Waals surface area contributed by atoms with E-state index in [4.69, 9.17) is 4.74 Å². The molecule has 3 rings (SSSR count). The van der Waals surface area contributed by atoms with Gasteiger partial charge in [0.2, 0.25) is 0 Å². The van der Waals surface area contributed by atoms with Gasteiger partial charge in [-0.05, 0) is 64.9 Å². The van der Waals surface area contributed by atoms with Crippen LogP contribution in [-0.2, 0) is 9.84 Å². The molecule has 5 heteroatoms. The minimum atomic E-state index is -3.26. The normalized spacial score (nSPS) is 12.3. The van der Waals surface area contributed by atoms with Crippen LogP contribution in [0.2, 0.25) is 0 Å². The van der Waals surface area contributed by atoms with Gasteiger partial charge in [0.15, 0.2) is 9.84 Å². The Hall–Kier alpha value is -2.92. The van der Waals surface area contributed by atoms with E-state index in [0.29, 0.717) is 10.6 Å². The van der Waals surface area contributed by atoms with Crippen molar-refractivity contribution < 1.29 is 17.5 Å². The number of alkyl halides is 1. The van der Waals surface area contributed by atoms with E-state index < -0.39 is 16.5 Å². The number of benzene rings is 3. The predicted octanol–water partition coefficient (Wildman–Crippen LogP) is 6.59. The molecular formula is C27H29FO3S. The van der Waals surface area contributed by atoms with Crippen molar-refractivity contribution in [3.8, 4) is 5.75 Å². The van der Waals surface area contributed by atoms with Gasteiger partial charge in [-0.1, -0.05) is 67.9 Å². The molecule has 3 aromatic rings. The monoisotopic (exact) mass is 452 g/mol. The molecule has 3 nitrogen and oxygen atoms in total. The molecule has 0 atom stereocenters. The second kappa shape index (κ2) is 11.1. The van der Waals surface area contributed by atoms with E-state index >= 15 is 0 Å². The Bertz CT molecular complexity index is 1130. The molecule has 0 spiro atoms. The van der Waals surface area contributed by atoms with Crippen molar-refractivity contribution in [2.45, 2.75) is 31.1 Å². The molecule has 0 fully saturated rings. The van der Waals surface area contributed by atoms with Gasteiger partial charge in [0.05, 0.1) is 4.90 Å². The Morgan fingerprint density at radius 1 is 0.844 bits per heavy atom. The van der Waals surface area contributed by atoms with Crippen molar-refractivity contribution in [3.63, 3.8) is 0 Å². The van der Waals surface area contributed by atoms with E-state index in [1.165, 1.54) is 6.26 Å². The van der Waals surface area contributed by atoms with Crippen LogP contribution in [0.1, 0.15) is 42.9 Å². The van der Waals surface area contributed by atoms with Crippen LogP contribution in [0.15, 0.2) is 83.8 Å². The number of rotatable bonds is 10. The number of hydrogen-bond donors (Lipinski definition) is 0. The van der Waals surface area contributed by atoms with Crippen molar-refractivity contribution in [2.75, 3.05) is 19.5 Å². The zero-order valence-corrected chi connectivity index (χ0v) is 19.4. The number of sulfone groups is 1. The lowest BCUT2D eigenvalue weighted by Crippen LogP contribution is -2.00. The second-order valence-corrected chi connectivity index (χ2v) is 9.70. The van der Waals surface area contributed by atoms with Crippen LogP contribution in [0, 0.1) is 0 Å². The third-order valence-corrected chi connectivity index (χ3v) is 6.39. The molecule has 0 aromatic heterocycles. The first kappa shape index (κ1) is 23.7. The van der Waals surface area contributed by atoms with Crippen LogP contribution in [0.5, 0.6) is 5.75 Å². The van der Waals surface area contributed by atoms with Gasteiger partial charge >= 0.3 is 0 Å². The van der Waals surface area contributed by atoms with Gasteiger partial charge in [-0.3, -0.25) is 0 Å². The van der Waals surface area contributed by atoms with Gasteiger partial charge in [0, 0.05) is 6.26 Å². The van der Waals surface area contributed by atoms with Crippen LogP contribution in [0.4, 0.5) is 4.39 Å². The molecular weight excluding hydrogens is 423 g/mol. The van der Waals surface area contributed by atoms with Gasteiger partial charge in [0.1, 0.15) is 19.0 Å². The summed E-state index contributed by atoms with van der Waals surface area (Å²) < 4.78 is 41.7. The summed E-state index contributed by atoms with van der Waals surface area (Å²) >= 11 is 0. The Morgan fingerprint density at radius 3 is 2.00 bits per heavy atom. The fourth-order valence-electron chi connectivity index (χ4n) is 3.66. The summed E-state index contributed by atoms with van der Waals surface area (Å²) in [6, 6.07) is 25.0. The molecule has 0 aliphatic heterocycles. The van der Waals surface area contributed by atoms with E-state index in [2.05, 4.69) is 19.1 Å². The molecule has 0 unspecified atom stereocenters. The summed E-state index contributed by atoms with van der Waals surface area (Å²) in [5.41, 5.74) is 5.38. The largest absolute Gasteiger partial charge is 0.491 e. The summed E-state index contributed by atoms with van der Waals surface area (Å²) in [6.45, 7) is 1.67. The number of ether oxygens (including phenoxy) is 1. The fraction of sp³-hybridized carbons (Fsp3) is 0.259. The average Bonchev–Trinajstić information content (AvgIpc) is 2.81. The first-order valence-electron chi connectivity index (χ1n) is 10.8. The number of allylic oxidation sites excluding steroid dienone is 1. The summed E-state index contributed by atoms with van der Waals surface area (Å²) in [5.74, 6) is 0.631. The Morgan fingerprint density at radius 2 is 1.44 bits per heavy atom. The molecule has 168 valence electrons. The molecule has 3 aromatic carbocycles. The molecule has 0 radical (unpaired) electrons. The first-order valence-corrected chi connectivity index (χ1v) is 12.7. The minimum absolute atomic E-state index is 0.0369. The SMILES string of the molecule is CCCC/C(=C(\c1ccccc1)c1ccc(OCCF)cc1)c1ccc(S(C)(=O)=O)cc1. The summed E-state index contributed by atoms with van der Waals surface area (Å²) in [7, 11) is -3.26. The lowest BCUT2D eigenvalue weighted by molar-refractivity contribution is 0.273. The molecule has 0 saturated carbocycles. The van der Waals surface area contributed by atoms with E-state index in [1.54, 1.807) is 12.1 Å². The topological polar surface area (TPSA) is 43.4 Å². The number of halogens is 1. The molecule has 0 saturated heterocycles. The fourth-order valence-corrected chi connectivity index (χ4v) is 4.30.